The van der Waals surface area contributed by atoms with Crippen LogP contribution in [0.1, 0.15) is 29.8 Å². The molecule has 2 aromatic rings. The number of nitrogens with zero attached hydrogens (tertiary/aromatic N) is 1. The van der Waals surface area contributed by atoms with Crippen molar-refractivity contribution in [1.29, 1.82) is 0 Å². The number of carbonyl (C=O) groups is 2. The molecule has 3 amide bonds. The van der Waals surface area contributed by atoms with Crippen molar-refractivity contribution in [1.82, 2.24) is 25.9 Å². The van der Waals surface area contributed by atoms with Crippen molar-refractivity contribution in [2.75, 3.05) is 0 Å². The summed E-state index contributed by atoms with van der Waals surface area (Å²) >= 11 is 0. The molecule has 1 atom stereocenters. The number of aromatic amines is 1. The van der Waals surface area contributed by atoms with E-state index in [1.807, 2.05) is 0 Å². The van der Waals surface area contributed by atoms with Crippen molar-refractivity contribution >= 4 is 11.9 Å². The number of aromatic nitrogens is 2. The molecule has 0 unspecified atom stereocenters. The summed E-state index contributed by atoms with van der Waals surface area (Å²) in [4.78, 5) is 31.1. The monoisotopic (exact) mass is 379 g/mol. The standard InChI is InChI=1S/C17H16F3N5O2/c1-9-13(14(25-16(27)24-9)12-7-21-8-23-12)15(26)22-6-10-3-2-4-11(5-10)17(18,19)20/h2-5,7-8,14H,6H2,1H3,(H,21,23)(H,22,26)(H2,24,25,27)/t14-/m0/s1. The Hall–Kier alpha value is -3.30. The molecule has 0 radical (unpaired) electrons. The molecule has 0 saturated heterocycles. The molecular formula is C17H16F3N5O2. The lowest BCUT2D eigenvalue weighted by molar-refractivity contribution is -0.137. The van der Waals surface area contributed by atoms with Gasteiger partial charge in [0.05, 0.1) is 29.4 Å². The van der Waals surface area contributed by atoms with Crippen LogP contribution in [0.25, 0.3) is 0 Å². The molecule has 3 rings (SSSR count). The highest BCUT2D eigenvalue weighted by molar-refractivity contribution is 5.98. The Labute approximate surface area is 152 Å². The second kappa shape index (κ2) is 7.14. The lowest BCUT2D eigenvalue weighted by Crippen LogP contribution is -2.47. The van der Waals surface area contributed by atoms with Gasteiger partial charge in [-0.25, -0.2) is 9.78 Å². The molecule has 1 aliphatic rings. The van der Waals surface area contributed by atoms with Gasteiger partial charge < -0.3 is 20.9 Å². The highest BCUT2D eigenvalue weighted by Gasteiger charge is 2.32. The Morgan fingerprint density at radius 2 is 2.11 bits per heavy atom. The number of hydrogen-bond donors (Lipinski definition) is 4. The Balaban J connectivity index is 1.78. The number of imidazole rings is 1. The quantitative estimate of drug-likeness (QED) is 0.656. The number of alkyl halides is 3. The van der Waals surface area contributed by atoms with Crippen LogP contribution in [-0.2, 0) is 17.5 Å². The number of halogens is 3. The van der Waals surface area contributed by atoms with Gasteiger partial charge in [-0.1, -0.05) is 12.1 Å². The maximum Gasteiger partial charge on any atom is 0.416 e. The van der Waals surface area contributed by atoms with E-state index in [1.165, 1.54) is 24.7 Å². The fourth-order valence-electron chi connectivity index (χ4n) is 2.79. The van der Waals surface area contributed by atoms with Gasteiger partial charge in [0.15, 0.2) is 0 Å². The third kappa shape index (κ3) is 4.10. The van der Waals surface area contributed by atoms with Crippen LogP contribution in [0.15, 0.2) is 48.1 Å². The first-order chi connectivity index (χ1) is 12.8. The summed E-state index contributed by atoms with van der Waals surface area (Å²) in [5, 5.41) is 7.73. The van der Waals surface area contributed by atoms with Crippen LogP contribution in [0.5, 0.6) is 0 Å². The first-order valence-corrected chi connectivity index (χ1v) is 7.96. The fraction of sp³-hybridized carbons (Fsp3) is 0.235. The van der Waals surface area contributed by atoms with Gasteiger partial charge in [0.1, 0.15) is 6.04 Å². The maximum atomic E-state index is 12.8. The zero-order chi connectivity index (χ0) is 19.6. The number of allylic oxidation sites excluding steroid dienone is 1. The van der Waals surface area contributed by atoms with Crippen molar-refractivity contribution in [3.05, 3.63) is 64.9 Å². The number of urea groups is 1. The number of amides is 3. The number of hydrogen-bond acceptors (Lipinski definition) is 3. The van der Waals surface area contributed by atoms with Gasteiger partial charge in [0.2, 0.25) is 0 Å². The summed E-state index contributed by atoms with van der Waals surface area (Å²) in [5.74, 6) is -0.517. The molecule has 0 fully saturated rings. The lowest BCUT2D eigenvalue weighted by atomic mass is 9.99. The summed E-state index contributed by atoms with van der Waals surface area (Å²) in [6, 6.07) is 3.50. The van der Waals surface area contributed by atoms with E-state index in [1.54, 1.807) is 6.92 Å². The molecule has 10 heteroatoms. The average Bonchev–Trinajstić information content (AvgIpc) is 3.13. The lowest BCUT2D eigenvalue weighted by Gasteiger charge is -2.27. The van der Waals surface area contributed by atoms with Crippen molar-refractivity contribution in [3.63, 3.8) is 0 Å². The number of rotatable bonds is 4. The van der Waals surface area contributed by atoms with Gasteiger partial charge in [-0.05, 0) is 24.6 Å². The third-order valence-electron chi connectivity index (χ3n) is 4.05. The number of benzene rings is 1. The predicted molar refractivity (Wildman–Crippen MR) is 89.0 cm³/mol. The van der Waals surface area contributed by atoms with Crippen LogP contribution >= 0.6 is 0 Å². The van der Waals surface area contributed by atoms with E-state index < -0.39 is 29.7 Å². The van der Waals surface area contributed by atoms with Gasteiger partial charge in [-0.15, -0.1) is 0 Å². The molecule has 7 nitrogen and oxygen atoms in total. The molecule has 0 saturated carbocycles. The van der Waals surface area contributed by atoms with Gasteiger partial charge in [-0.2, -0.15) is 13.2 Å². The highest BCUT2D eigenvalue weighted by atomic mass is 19.4. The zero-order valence-electron chi connectivity index (χ0n) is 14.1. The highest BCUT2D eigenvalue weighted by Crippen LogP contribution is 2.29. The van der Waals surface area contributed by atoms with Gasteiger partial charge in [0.25, 0.3) is 5.91 Å². The first kappa shape index (κ1) is 18.5. The minimum absolute atomic E-state index is 0.0941. The first-order valence-electron chi connectivity index (χ1n) is 7.96. The molecule has 0 bridgehead atoms. The number of nitrogens with one attached hydrogen (secondary N) is 4. The summed E-state index contributed by atoms with van der Waals surface area (Å²) in [5.41, 5.74) is 0.619. The van der Waals surface area contributed by atoms with Crippen LogP contribution < -0.4 is 16.0 Å². The molecule has 1 aromatic carbocycles. The van der Waals surface area contributed by atoms with E-state index in [-0.39, 0.29) is 12.1 Å². The second-order valence-corrected chi connectivity index (χ2v) is 5.96. The zero-order valence-corrected chi connectivity index (χ0v) is 14.1. The predicted octanol–water partition coefficient (Wildman–Crippen LogP) is 2.37. The van der Waals surface area contributed by atoms with Crippen molar-refractivity contribution in [3.8, 4) is 0 Å². The topological polar surface area (TPSA) is 98.9 Å². The molecule has 1 aromatic heterocycles. The average molecular weight is 379 g/mol. The van der Waals surface area contributed by atoms with E-state index in [4.69, 9.17) is 0 Å². The molecule has 0 aliphatic carbocycles. The maximum absolute atomic E-state index is 12.8. The Morgan fingerprint density at radius 3 is 2.78 bits per heavy atom. The summed E-state index contributed by atoms with van der Waals surface area (Å²) in [6.45, 7) is 1.48. The Morgan fingerprint density at radius 1 is 1.33 bits per heavy atom. The largest absolute Gasteiger partial charge is 0.416 e. The van der Waals surface area contributed by atoms with Crippen molar-refractivity contribution in [2.24, 2.45) is 0 Å². The third-order valence-corrected chi connectivity index (χ3v) is 4.05. The Bertz CT molecular complexity index is 890. The Kier molecular flexibility index (Phi) is 4.89. The number of H-pyrrole nitrogens is 1. The van der Waals surface area contributed by atoms with Gasteiger partial charge in [0, 0.05) is 12.2 Å². The number of carbonyl (C=O) groups excluding carboxylic acids is 2. The SMILES string of the molecule is CC1=C(C(=O)NCc2cccc(C(F)(F)F)c2)[C@H](c2cnc[nH]2)NC(=O)N1. The fourth-order valence-corrected chi connectivity index (χ4v) is 2.79. The molecule has 2 heterocycles. The minimum Gasteiger partial charge on any atom is -0.348 e. The van der Waals surface area contributed by atoms with Gasteiger partial charge in [-0.3, -0.25) is 4.79 Å². The summed E-state index contributed by atoms with van der Waals surface area (Å²) in [6.07, 6.45) is -1.57. The molecular weight excluding hydrogens is 363 g/mol. The minimum atomic E-state index is -4.46. The van der Waals surface area contributed by atoms with Crippen LogP contribution in [0.3, 0.4) is 0 Å². The molecule has 1 aliphatic heterocycles. The van der Waals surface area contributed by atoms with E-state index in [0.29, 0.717) is 17.0 Å². The summed E-state index contributed by atoms with van der Waals surface area (Å²) in [7, 11) is 0. The molecule has 27 heavy (non-hydrogen) atoms. The normalized spacial score (nSPS) is 17.3. The smallest absolute Gasteiger partial charge is 0.348 e. The van der Waals surface area contributed by atoms with E-state index in [2.05, 4.69) is 25.9 Å². The van der Waals surface area contributed by atoms with Crippen LogP contribution in [-0.4, -0.2) is 21.9 Å². The van der Waals surface area contributed by atoms with Crippen LogP contribution in [0, 0.1) is 0 Å². The molecule has 142 valence electrons. The molecule has 4 N–H and O–H groups in total. The second-order valence-electron chi connectivity index (χ2n) is 5.96. The summed E-state index contributed by atoms with van der Waals surface area (Å²) < 4.78 is 38.4. The van der Waals surface area contributed by atoms with Crippen LogP contribution in [0.2, 0.25) is 0 Å². The molecule has 0 spiro atoms. The van der Waals surface area contributed by atoms with E-state index in [0.717, 1.165) is 12.1 Å². The van der Waals surface area contributed by atoms with Crippen molar-refractivity contribution in [2.45, 2.75) is 25.7 Å². The van der Waals surface area contributed by atoms with Crippen LogP contribution in [0.4, 0.5) is 18.0 Å². The van der Waals surface area contributed by atoms with Crippen molar-refractivity contribution < 1.29 is 22.8 Å². The van der Waals surface area contributed by atoms with E-state index >= 15 is 0 Å². The van der Waals surface area contributed by atoms with Gasteiger partial charge >= 0.3 is 12.2 Å². The van der Waals surface area contributed by atoms with E-state index in [9.17, 15) is 22.8 Å².